The van der Waals surface area contributed by atoms with Crippen LogP contribution in [0.25, 0.3) is 0 Å². The lowest BCUT2D eigenvalue weighted by molar-refractivity contribution is -0.117. The highest BCUT2D eigenvalue weighted by Gasteiger charge is 2.33. The molecule has 1 unspecified atom stereocenters. The van der Waals surface area contributed by atoms with Gasteiger partial charge in [-0.15, -0.1) is 11.3 Å². The zero-order valence-corrected chi connectivity index (χ0v) is 21.1. The molecule has 11 heteroatoms. The Morgan fingerprint density at radius 3 is 2.31 bits per heavy atom. The molecule has 3 amide bonds. The van der Waals surface area contributed by atoms with Crippen LogP contribution < -0.4 is 30.2 Å². The minimum Gasteiger partial charge on any atom is -0.497 e. The molecule has 1 atom stereocenters. The largest absolute Gasteiger partial charge is 0.497 e. The first-order chi connectivity index (χ1) is 17.3. The number of thiazole rings is 1. The number of nitrogens with one attached hydrogen (secondary N) is 3. The van der Waals surface area contributed by atoms with Gasteiger partial charge in [-0.3, -0.25) is 19.7 Å². The fourth-order valence-electron chi connectivity index (χ4n) is 3.95. The molecule has 0 radical (unpaired) electrons. The van der Waals surface area contributed by atoms with Gasteiger partial charge < -0.3 is 24.8 Å². The van der Waals surface area contributed by atoms with E-state index in [1.807, 2.05) is 0 Å². The molecular formula is C25H26N4O6S. The van der Waals surface area contributed by atoms with Gasteiger partial charge in [0.1, 0.15) is 17.2 Å². The molecule has 1 aliphatic rings. The van der Waals surface area contributed by atoms with Crippen LogP contribution in [0.2, 0.25) is 0 Å². The van der Waals surface area contributed by atoms with E-state index >= 15 is 0 Å². The number of amides is 3. The van der Waals surface area contributed by atoms with Crippen molar-refractivity contribution in [3.8, 4) is 17.2 Å². The summed E-state index contributed by atoms with van der Waals surface area (Å²) in [7, 11) is 4.53. The number of fused-ring (bicyclic) bond motifs is 1. The summed E-state index contributed by atoms with van der Waals surface area (Å²) in [6.45, 7) is 1.41. The molecule has 0 saturated heterocycles. The Morgan fingerprint density at radius 2 is 1.67 bits per heavy atom. The molecule has 36 heavy (non-hydrogen) atoms. The first-order valence-electron chi connectivity index (χ1n) is 11.1. The summed E-state index contributed by atoms with van der Waals surface area (Å²) < 4.78 is 15.8. The molecular weight excluding hydrogens is 484 g/mol. The summed E-state index contributed by atoms with van der Waals surface area (Å²) in [4.78, 5) is 42.9. The number of rotatable bonds is 8. The Morgan fingerprint density at radius 1 is 0.944 bits per heavy atom. The Hall–Kier alpha value is -4.12. The SMILES string of the molecule is COc1cc(OC)cc(C(=O)Nc2nc3c(s2)CCC3C(=O)Nc2cc(NC(C)=O)ccc2OC)c1. The van der Waals surface area contributed by atoms with Gasteiger partial charge >= 0.3 is 0 Å². The number of anilines is 3. The fourth-order valence-corrected chi connectivity index (χ4v) is 4.98. The number of aryl methyl sites for hydroxylation is 1. The predicted octanol–water partition coefficient (Wildman–Crippen LogP) is 4.05. The smallest absolute Gasteiger partial charge is 0.257 e. The third-order valence-electron chi connectivity index (χ3n) is 5.65. The van der Waals surface area contributed by atoms with Crippen molar-refractivity contribution < 1.29 is 28.6 Å². The zero-order valence-electron chi connectivity index (χ0n) is 20.3. The van der Waals surface area contributed by atoms with Crippen molar-refractivity contribution in [1.82, 2.24) is 4.98 Å². The summed E-state index contributed by atoms with van der Waals surface area (Å²) in [5.41, 5.74) is 1.99. The maximum atomic E-state index is 13.2. The fraction of sp³-hybridized carbons (Fsp3) is 0.280. The minimum atomic E-state index is -0.479. The number of ether oxygens (including phenoxy) is 3. The van der Waals surface area contributed by atoms with E-state index in [-0.39, 0.29) is 17.7 Å². The summed E-state index contributed by atoms with van der Waals surface area (Å²) >= 11 is 1.35. The number of carbonyl (C=O) groups is 3. The second kappa shape index (κ2) is 10.6. The molecule has 0 spiro atoms. The van der Waals surface area contributed by atoms with Crippen LogP contribution in [0.5, 0.6) is 17.2 Å². The minimum absolute atomic E-state index is 0.220. The van der Waals surface area contributed by atoms with Crippen LogP contribution in [-0.4, -0.2) is 44.0 Å². The van der Waals surface area contributed by atoms with Crippen LogP contribution >= 0.6 is 11.3 Å². The normalized spacial score (nSPS) is 13.9. The molecule has 10 nitrogen and oxygen atoms in total. The Bertz CT molecular complexity index is 1300. The van der Waals surface area contributed by atoms with E-state index in [1.165, 1.54) is 39.6 Å². The lowest BCUT2D eigenvalue weighted by Crippen LogP contribution is -2.20. The highest BCUT2D eigenvalue weighted by molar-refractivity contribution is 7.16. The number of carbonyl (C=O) groups excluding carboxylic acids is 3. The Balaban J connectivity index is 1.50. The maximum Gasteiger partial charge on any atom is 0.257 e. The van der Waals surface area contributed by atoms with E-state index in [0.29, 0.717) is 57.9 Å². The topological polar surface area (TPSA) is 128 Å². The van der Waals surface area contributed by atoms with Crippen LogP contribution in [0, 0.1) is 0 Å². The van der Waals surface area contributed by atoms with E-state index < -0.39 is 5.92 Å². The third-order valence-corrected chi connectivity index (χ3v) is 6.69. The molecule has 3 aromatic rings. The molecule has 4 rings (SSSR count). The van der Waals surface area contributed by atoms with E-state index in [0.717, 1.165) is 4.88 Å². The monoisotopic (exact) mass is 510 g/mol. The highest BCUT2D eigenvalue weighted by Crippen LogP contribution is 2.40. The van der Waals surface area contributed by atoms with Crippen molar-refractivity contribution >= 4 is 45.6 Å². The van der Waals surface area contributed by atoms with Gasteiger partial charge in [-0.05, 0) is 43.2 Å². The number of hydrogen-bond acceptors (Lipinski definition) is 8. The van der Waals surface area contributed by atoms with E-state index in [9.17, 15) is 14.4 Å². The zero-order chi connectivity index (χ0) is 25.8. The first kappa shape index (κ1) is 25.0. The lowest BCUT2D eigenvalue weighted by Gasteiger charge is -2.15. The molecule has 0 fully saturated rings. The van der Waals surface area contributed by atoms with Gasteiger partial charge in [-0.25, -0.2) is 4.98 Å². The highest BCUT2D eigenvalue weighted by atomic mass is 32.1. The second-order valence-corrected chi connectivity index (χ2v) is 9.14. The van der Waals surface area contributed by atoms with Crippen LogP contribution in [0.4, 0.5) is 16.5 Å². The van der Waals surface area contributed by atoms with Crippen molar-refractivity contribution in [1.29, 1.82) is 0 Å². The van der Waals surface area contributed by atoms with Crippen molar-refractivity contribution in [2.75, 3.05) is 37.3 Å². The van der Waals surface area contributed by atoms with E-state index in [4.69, 9.17) is 14.2 Å². The van der Waals surface area contributed by atoms with Crippen molar-refractivity contribution in [2.24, 2.45) is 0 Å². The average Bonchev–Trinajstić information content (AvgIpc) is 3.43. The maximum absolute atomic E-state index is 13.2. The van der Waals surface area contributed by atoms with Crippen molar-refractivity contribution in [2.45, 2.75) is 25.7 Å². The molecule has 1 aliphatic carbocycles. The van der Waals surface area contributed by atoms with Gasteiger partial charge in [0.05, 0.1) is 38.6 Å². The number of hydrogen-bond donors (Lipinski definition) is 3. The first-order valence-corrected chi connectivity index (χ1v) is 11.9. The third kappa shape index (κ3) is 5.41. The summed E-state index contributed by atoms with van der Waals surface area (Å²) in [5, 5.41) is 8.81. The van der Waals surface area contributed by atoms with Gasteiger partial charge in [-0.2, -0.15) is 0 Å². The molecule has 0 saturated carbocycles. The number of nitrogens with zero attached hydrogens (tertiary/aromatic N) is 1. The van der Waals surface area contributed by atoms with E-state index in [2.05, 4.69) is 20.9 Å². The Labute approximate surface area is 212 Å². The molecule has 188 valence electrons. The van der Waals surface area contributed by atoms with Crippen LogP contribution in [0.1, 0.15) is 40.2 Å². The number of methoxy groups -OCH3 is 3. The van der Waals surface area contributed by atoms with Crippen LogP contribution in [0.3, 0.4) is 0 Å². The molecule has 3 N–H and O–H groups in total. The van der Waals surface area contributed by atoms with Crippen molar-refractivity contribution in [3.05, 3.63) is 52.5 Å². The van der Waals surface area contributed by atoms with Gasteiger partial charge in [0.25, 0.3) is 5.91 Å². The predicted molar refractivity (Wildman–Crippen MR) is 137 cm³/mol. The van der Waals surface area contributed by atoms with Crippen LogP contribution in [0.15, 0.2) is 36.4 Å². The van der Waals surface area contributed by atoms with Crippen molar-refractivity contribution in [3.63, 3.8) is 0 Å². The summed E-state index contributed by atoms with van der Waals surface area (Å²) in [6.07, 6.45) is 1.28. The number of benzene rings is 2. The van der Waals surface area contributed by atoms with Gasteiger partial charge in [0.2, 0.25) is 11.8 Å². The lowest BCUT2D eigenvalue weighted by atomic mass is 10.1. The molecule has 2 aromatic carbocycles. The summed E-state index contributed by atoms with van der Waals surface area (Å²) in [6, 6.07) is 9.90. The number of aromatic nitrogens is 1. The van der Waals surface area contributed by atoms with Gasteiger partial charge in [-0.1, -0.05) is 0 Å². The quantitative estimate of drug-likeness (QED) is 0.417. The molecule has 1 aromatic heterocycles. The Kier molecular flexibility index (Phi) is 7.39. The second-order valence-electron chi connectivity index (χ2n) is 8.06. The summed E-state index contributed by atoms with van der Waals surface area (Å²) in [5.74, 6) is 0.158. The standard InChI is InChI=1S/C25H26N4O6S/c1-13(30)26-15-5-7-20(35-4)19(11-15)27-24(32)18-6-8-21-22(18)28-25(36-21)29-23(31)14-9-16(33-2)12-17(10-14)34-3/h5,7,9-12,18H,6,8H2,1-4H3,(H,26,30)(H,27,32)(H,28,29,31). The van der Waals surface area contributed by atoms with E-state index in [1.54, 1.807) is 36.4 Å². The molecule has 0 aliphatic heterocycles. The van der Waals surface area contributed by atoms with Crippen LogP contribution in [-0.2, 0) is 16.0 Å². The average molecular weight is 511 g/mol. The molecule has 0 bridgehead atoms. The van der Waals surface area contributed by atoms with Gasteiger partial charge in [0.15, 0.2) is 5.13 Å². The van der Waals surface area contributed by atoms with Gasteiger partial charge in [0, 0.05) is 29.1 Å². The molecule has 1 heterocycles.